The first kappa shape index (κ1) is 23.1. The summed E-state index contributed by atoms with van der Waals surface area (Å²) in [5, 5.41) is 0. The molecule has 0 aromatic heterocycles. The van der Waals surface area contributed by atoms with Crippen molar-refractivity contribution in [1.29, 1.82) is 0 Å². The zero-order valence-electron chi connectivity index (χ0n) is 20.7. The van der Waals surface area contributed by atoms with Gasteiger partial charge in [-0.15, -0.1) is 0 Å². The van der Waals surface area contributed by atoms with E-state index in [0.29, 0.717) is 11.8 Å². The second kappa shape index (κ2) is 9.30. The van der Waals surface area contributed by atoms with Crippen LogP contribution in [0.25, 0.3) is 0 Å². The van der Waals surface area contributed by atoms with Crippen molar-refractivity contribution in [1.82, 2.24) is 0 Å². The van der Waals surface area contributed by atoms with Crippen LogP contribution in [0.2, 0.25) is 0 Å². The Labute approximate surface area is 190 Å². The molecule has 1 atom stereocenters. The van der Waals surface area contributed by atoms with Gasteiger partial charge in [0.05, 0.1) is 0 Å². The highest BCUT2D eigenvalue weighted by atomic mass is 15.1. The molecule has 0 aliphatic carbocycles. The van der Waals surface area contributed by atoms with Crippen LogP contribution in [-0.2, 0) is 5.41 Å². The summed E-state index contributed by atoms with van der Waals surface area (Å²) >= 11 is 0. The third kappa shape index (κ3) is 5.21. The molecule has 3 aromatic carbocycles. The molecule has 0 aliphatic rings. The smallest absolute Gasteiger partial charge is 0.0464 e. The van der Waals surface area contributed by atoms with E-state index in [-0.39, 0.29) is 5.41 Å². The lowest BCUT2D eigenvalue weighted by Gasteiger charge is -2.28. The molecular weight excluding hydrogens is 374 g/mol. The van der Waals surface area contributed by atoms with Crippen molar-refractivity contribution in [3.8, 4) is 0 Å². The maximum absolute atomic E-state index is 2.38. The molecule has 1 unspecified atom stereocenters. The van der Waals surface area contributed by atoms with Gasteiger partial charge in [0, 0.05) is 17.1 Å². The summed E-state index contributed by atoms with van der Waals surface area (Å²) in [7, 11) is 0. The molecule has 1 heteroatoms. The molecule has 3 aromatic rings. The summed E-state index contributed by atoms with van der Waals surface area (Å²) in [4.78, 5) is 2.38. The van der Waals surface area contributed by atoms with Crippen LogP contribution >= 0.6 is 0 Å². The topological polar surface area (TPSA) is 3.24 Å². The molecule has 0 aliphatic heterocycles. The van der Waals surface area contributed by atoms with Gasteiger partial charge in [-0.05, 0) is 89.2 Å². The van der Waals surface area contributed by atoms with Crippen LogP contribution in [0.5, 0.6) is 0 Å². The Balaban J connectivity index is 2.09. The minimum atomic E-state index is 0.150. The monoisotopic (exact) mass is 413 g/mol. The summed E-state index contributed by atoms with van der Waals surface area (Å²) in [5.74, 6) is 1.12. The van der Waals surface area contributed by atoms with Crippen molar-refractivity contribution in [3.63, 3.8) is 0 Å². The molecule has 31 heavy (non-hydrogen) atoms. The van der Waals surface area contributed by atoms with E-state index in [0.717, 1.165) is 6.42 Å². The second-order valence-corrected chi connectivity index (χ2v) is 10.2. The van der Waals surface area contributed by atoms with Crippen molar-refractivity contribution in [2.24, 2.45) is 0 Å². The van der Waals surface area contributed by atoms with E-state index in [9.17, 15) is 0 Å². The largest absolute Gasteiger partial charge is 0.310 e. The first-order valence-corrected chi connectivity index (χ1v) is 11.7. The molecule has 0 spiro atoms. The Bertz CT molecular complexity index is 988. The number of hydrogen-bond donors (Lipinski definition) is 0. The van der Waals surface area contributed by atoms with E-state index >= 15 is 0 Å². The molecule has 0 saturated carbocycles. The fourth-order valence-electron chi connectivity index (χ4n) is 4.19. The maximum atomic E-state index is 2.38. The van der Waals surface area contributed by atoms with Crippen molar-refractivity contribution < 1.29 is 0 Å². The zero-order valence-corrected chi connectivity index (χ0v) is 20.7. The van der Waals surface area contributed by atoms with Gasteiger partial charge in [-0.2, -0.15) is 0 Å². The molecule has 0 amide bonds. The number of anilines is 3. The molecule has 3 rings (SSSR count). The standard InChI is InChI=1S/C30H39N/c1-9-22(4)24-10-14-26(15-11-24)31(27-16-12-25(13-17-27)30(6,7)8)28-18-19-29(21(2)3)23(5)20-28/h10-22H,9H2,1-8H3. The SMILES string of the molecule is CCC(C)c1ccc(N(c2ccc(C(C)(C)C)cc2)c2ccc(C(C)C)c(C)c2)cc1. The highest BCUT2D eigenvalue weighted by Gasteiger charge is 2.17. The van der Waals surface area contributed by atoms with Gasteiger partial charge in [-0.25, -0.2) is 0 Å². The predicted octanol–water partition coefficient (Wildman–Crippen LogP) is 9.40. The minimum Gasteiger partial charge on any atom is -0.310 e. The molecule has 0 saturated heterocycles. The fourth-order valence-corrected chi connectivity index (χ4v) is 4.19. The quantitative estimate of drug-likeness (QED) is 0.389. The van der Waals surface area contributed by atoms with E-state index in [1.54, 1.807) is 0 Å². The van der Waals surface area contributed by atoms with Gasteiger partial charge in [0.2, 0.25) is 0 Å². The first-order chi connectivity index (χ1) is 14.6. The van der Waals surface area contributed by atoms with Gasteiger partial charge in [0.1, 0.15) is 0 Å². The van der Waals surface area contributed by atoms with Crippen molar-refractivity contribution >= 4 is 17.1 Å². The summed E-state index contributed by atoms with van der Waals surface area (Å²) in [6, 6.07) is 25.1. The molecule has 0 fully saturated rings. The summed E-state index contributed by atoms with van der Waals surface area (Å²) in [6.07, 6.45) is 1.16. The Hall–Kier alpha value is -2.54. The van der Waals surface area contributed by atoms with Gasteiger partial charge in [-0.3, -0.25) is 0 Å². The second-order valence-electron chi connectivity index (χ2n) is 10.2. The molecule has 0 N–H and O–H groups in total. The molecule has 0 bridgehead atoms. The third-order valence-electron chi connectivity index (χ3n) is 6.46. The predicted molar refractivity (Wildman–Crippen MR) is 137 cm³/mol. The van der Waals surface area contributed by atoms with E-state index in [2.05, 4.69) is 127 Å². The Morgan fingerprint density at radius 1 is 0.742 bits per heavy atom. The normalized spacial score (nSPS) is 12.8. The van der Waals surface area contributed by atoms with Crippen LogP contribution in [0.4, 0.5) is 17.1 Å². The van der Waals surface area contributed by atoms with Gasteiger partial charge >= 0.3 is 0 Å². The number of benzene rings is 3. The van der Waals surface area contributed by atoms with Crippen molar-refractivity contribution in [2.75, 3.05) is 4.90 Å². The fraction of sp³-hybridized carbons (Fsp3) is 0.400. The Morgan fingerprint density at radius 2 is 1.26 bits per heavy atom. The minimum absolute atomic E-state index is 0.150. The molecular formula is C30H39N. The van der Waals surface area contributed by atoms with Crippen LogP contribution in [0.3, 0.4) is 0 Å². The van der Waals surface area contributed by atoms with Crippen molar-refractivity contribution in [2.45, 2.75) is 79.1 Å². The summed E-state index contributed by atoms with van der Waals surface area (Å²) < 4.78 is 0. The van der Waals surface area contributed by atoms with Crippen LogP contribution < -0.4 is 4.90 Å². The Kier molecular flexibility index (Phi) is 6.94. The van der Waals surface area contributed by atoms with Crippen LogP contribution in [0.1, 0.15) is 89.0 Å². The maximum Gasteiger partial charge on any atom is 0.0464 e. The average molecular weight is 414 g/mol. The summed E-state index contributed by atoms with van der Waals surface area (Å²) in [5.41, 5.74) is 9.28. The molecule has 164 valence electrons. The lowest BCUT2D eigenvalue weighted by atomic mass is 9.87. The first-order valence-electron chi connectivity index (χ1n) is 11.7. The van der Waals surface area contributed by atoms with Crippen LogP contribution in [-0.4, -0.2) is 0 Å². The molecule has 0 radical (unpaired) electrons. The average Bonchev–Trinajstić information content (AvgIpc) is 2.73. The highest BCUT2D eigenvalue weighted by molar-refractivity contribution is 5.77. The highest BCUT2D eigenvalue weighted by Crippen LogP contribution is 2.38. The summed E-state index contributed by atoms with van der Waals surface area (Å²) in [6.45, 7) is 18.1. The zero-order chi connectivity index (χ0) is 22.8. The van der Waals surface area contributed by atoms with Crippen LogP contribution in [0, 0.1) is 6.92 Å². The van der Waals surface area contributed by atoms with Crippen molar-refractivity contribution in [3.05, 3.63) is 89.0 Å². The lowest BCUT2D eigenvalue weighted by Crippen LogP contribution is -2.13. The van der Waals surface area contributed by atoms with Crippen LogP contribution in [0.15, 0.2) is 66.7 Å². The third-order valence-corrected chi connectivity index (χ3v) is 6.46. The van der Waals surface area contributed by atoms with E-state index in [1.165, 1.54) is 39.3 Å². The van der Waals surface area contributed by atoms with Gasteiger partial charge in [0.25, 0.3) is 0 Å². The molecule has 0 heterocycles. The number of aryl methyl sites for hydroxylation is 1. The van der Waals surface area contributed by atoms with E-state index in [1.807, 2.05) is 0 Å². The van der Waals surface area contributed by atoms with E-state index in [4.69, 9.17) is 0 Å². The Morgan fingerprint density at radius 3 is 1.71 bits per heavy atom. The number of rotatable bonds is 6. The molecule has 1 nitrogen and oxygen atoms in total. The number of nitrogens with zero attached hydrogens (tertiary/aromatic N) is 1. The van der Waals surface area contributed by atoms with Gasteiger partial charge in [-0.1, -0.05) is 78.8 Å². The number of hydrogen-bond acceptors (Lipinski definition) is 1. The van der Waals surface area contributed by atoms with E-state index < -0.39 is 0 Å². The van der Waals surface area contributed by atoms with Gasteiger partial charge < -0.3 is 4.90 Å². The van der Waals surface area contributed by atoms with Gasteiger partial charge in [0.15, 0.2) is 0 Å². The lowest BCUT2D eigenvalue weighted by molar-refractivity contribution is 0.590.